The number of aromatic nitrogens is 1. The molecule has 0 fully saturated rings. The lowest BCUT2D eigenvalue weighted by Gasteiger charge is -2.24. The predicted molar refractivity (Wildman–Crippen MR) is 122 cm³/mol. The van der Waals surface area contributed by atoms with Crippen molar-refractivity contribution in [2.45, 2.75) is 26.0 Å². The summed E-state index contributed by atoms with van der Waals surface area (Å²) in [6.07, 6.45) is 1.63. The summed E-state index contributed by atoms with van der Waals surface area (Å²) in [6.45, 7) is 5.26. The van der Waals surface area contributed by atoms with Crippen molar-refractivity contribution in [1.29, 1.82) is 0 Å². The fourth-order valence-electron chi connectivity index (χ4n) is 2.32. The number of aliphatic imine (C=N–C) groups is 1. The molecule has 3 N–H and O–H groups in total. The summed E-state index contributed by atoms with van der Waals surface area (Å²) < 4.78 is 5.51. The molecule has 0 amide bonds. The number of oxazole rings is 1. The molecule has 3 rings (SSSR count). The third kappa shape index (κ3) is 6.03. The minimum absolute atomic E-state index is 0. The van der Waals surface area contributed by atoms with E-state index < -0.39 is 5.60 Å². The van der Waals surface area contributed by atoms with Crippen LogP contribution in [0, 0.1) is 0 Å². The second-order valence-electron chi connectivity index (χ2n) is 5.96. The van der Waals surface area contributed by atoms with Gasteiger partial charge in [0.25, 0.3) is 0 Å². The van der Waals surface area contributed by atoms with Crippen LogP contribution in [0.4, 0.5) is 0 Å². The van der Waals surface area contributed by atoms with Crippen LogP contribution in [0.2, 0.25) is 0 Å². The van der Waals surface area contributed by atoms with Crippen molar-refractivity contribution in [2.75, 3.05) is 13.1 Å². The van der Waals surface area contributed by atoms with Gasteiger partial charge in [-0.25, -0.2) is 9.98 Å². The number of rotatable bonds is 7. The van der Waals surface area contributed by atoms with Gasteiger partial charge in [-0.3, -0.25) is 0 Å². The van der Waals surface area contributed by atoms with E-state index in [1.165, 1.54) is 0 Å². The molecule has 0 aliphatic heterocycles. The van der Waals surface area contributed by atoms with Gasteiger partial charge in [-0.15, -0.1) is 35.3 Å². The third-order valence-electron chi connectivity index (χ3n) is 3.77. The summed E-state index contributed by atoms with van der Waals surface area (Å²) in [5.74, 6) is 1.24. The maximum absolute atomic E-state index is 10.6. The van der Waals surface area contributed by atoms with Crippen LogP contribution >= 0.6 is 46.7 Å². The second kappa shape index (κ2) is 10.2. The highest BCUT2D eigenvalue weighted by Gasteiger charge is 2.23. The van der Waals surface area contributed by atoms with Crippen LogP contribution in [-0.4, -0.2) is 29.1 Å². The van der Waals surface area contributed by atoms with Crippen molar-refractivity contribution in [3.05, 3.63) is 51.9 Å². The normalized spacial score (nSPS) is 13.7. The molecule has 0 aliphatic rings. The van der Waals surface area contributed by atoms with E-state index in [1.807, 2.05) is 41.3 Å². The lowest BCUT2D eigenvalue weighted by molar-refractivity contribution is 0.0621. The van der Waals surface area contributed by atoms with Crippen molar-refractivity contribution in [3.63, 3.8) is 0 Å². The molecule has 27 heavy (non-hydrogen) atoms. The van der Waals surface area contributed by atoms with Crippen LogP contribution in [0.25, 0.3) is 10.8 Å². The Morgan fingerprint density at radius 2 is 2.19 bits per heavy atom. The van der Waals surface area contributed by atoms with Crippen LogP contribution in [0.5, 0.6) is 0 Å². The number of nitrogens with one attached hydrogen (secondary N) is 2. The molecule has 3 aromatic rings. The highest BCUT2D eigenvalue weighted by Crippen LogP contribution is 2.24. The number of halogens is 1. The van der Waals surface area contributed by atoms with E-state index in [1.54, 1.807) is 35.9 Å². The monoisotopic (exact) mass is 518 g/mol. The van der Waals surface area contributed by atoms with Gasteiger partial charge < -0.3 is 20.2 Å². The van der Waals surface area contributed by atoms with Crippen LogP contribution in [0.15, 0.2) is 50.0 Å². The summed E-state index contributed by atoms with van der Waals surface area (Å²) in [5, 5.41) is 22.9. The van der Waals surface area contributed by atoms with Gasteiger partial charge >= 0.3 is 0 Å². The smallest absolute Gasteiger partial charge is 0.236 e. The molecule has 1 atom stereocenters. The van der Waals surface area contributed by atoms with Gasteiger partial charge in [0.1, 0.15) is 17.6 Å². The molecule has 0 saturated carbocycles. The van der Waals surface area contributed by atoms with E-state index in [0.29, 0.717) is 24.9 Å². The summed E-state index contributed by atoms with van der Waals surface area (Å²) in [5.41, 5.74) is 0.689. The molecule has 0 bridgehead atoms. The molecule has 146 valence electrons. The van der Waals surface area contributed by atoms with Crippen molar-refractivity contribution in [2.24, 2.45) is 4.99 Å². The lowest BCUT2D eigenvalue weighted by Crippen LogP contribution is -2.44. The first kappa shape index (κ1) is 21.9. The molecular weight excluding hydrogens is 495 g/mol. The molecule has 3 aromatic heterocycles. The largest absolute Gasteiger partial charge is 0.443 e. The number of aliphatic hydroxyl groups is 1. The molecule has 0 aromatic carbocycles. The maximum Gasteiger partial charge on any atom is 0.236 e. The van der Waals surface area contributed by atoms with E-state index >= 15 is 0 Å². The predicted octanol–water partition coefficient (Wildman–Crippen LogP) is 4.05. The average Bonchev–Trinajstić information content (AvgIpc) is 3.39. The van der Waals surface area contributed by atoms with E-state index in [-0.39, 0.29) is 24.0 Å². The van der Waals surface area contributed by atoms with Gasteiger partial charge in [-0.2, -0.15) is 11.3 Å². The third-order valence-corrected chi connectivity index (χ3v) is 5.31. The van der Waals surface area contributed by atoms with Gasteiger partial charge in [0, 0.05) is 6.54 Å². The fraction of sp³-hybridized carbons (Fsp3) is 0.333. The minimum Gasteiger partial charge on any atom is -0.443 e. The molecule has 0 spiro atoms. The maximum atomic E-state index is 10.6. The standard InChI is InChI=1S/C18H22N4O2S2.HI/c1-3-19-17(21-12-18(2,23)13-6-8-25-11-13)20-9-14-10-24-16(22-14)15-5-4-7-26-15;/h4-8,10-11,23H,3,9,12H2,1-2H3,(H2,19,20,21);1H. The summed E-state index contributed by atoms with van der Waals surface area (Å²) in [4.78, 5) is 9.99. The number of hydrogen-bond acceptors (Lipinski definition) is 6. The molecule has 0 aliphatic carbocycles. The Morgan fingerprint density at radius 3 is 2.85 bits per heavy atom. The Labute approximate surface area is 183 Å². The highest BCUT2D eigenvalue weighted by atomic mass is 127. The van der Waals surface area contributed by atoms with Crippen molar-refractivity contribution in [3.8, 4) is 10.8 Å². The molecule has 0 saturated heterocycles. The zero-order valence-electron chi connectivity index (χ0n) is 15.1. The minimum atomic E-state index is -0.962. The number of nitrogens with zero attached hydrogens (tertiary/aromatic N) is 2. The molecule has 9 heteroatoms. The van der Waals surface area contributed by atoms with Gasteiger partial charge in [-0.1, -0.05) is 6.07 Å². The Balaban J connectivity index is 0.00000261. The lowest BCUT2D eigenvalue weighted by atomic mass is 9.99. The molecular formula is C18H23IN4O2S2. The molecule has 1 unspecified atom stereocenters. The van der Waals surface area contributed by atoms with Gasteiger partial charge in [-0.05, 0) is 47.7 Å². The van der Waals surface area contributed by atoms with Gasteiger partial charge in [0.15, 0.2) is 5.96 Å². The highest BCUT2D eigenvalue weighted by molar-refractivity contribution is 14.0. The van der Waals surface area contributed by atoms with Gasteiger partial charge in [0.2, 0.25) is 5.89 Å². The van der Waals surface area contributed by atoms with Crippen molar-refractivity contribution >= 4 is 52.6 Å². The topological polar surface area (TPSA) is 82.7 Å². The van der Waals surface area contributed by atoms with E-state index in [0.717, 1.165) is 22.7 Å². The molecule has 0 radical (unpaired) electrons. The van der Waals surface area contributed by atoms with Crippen LogP contribution in [0.1, 0.15) is 25.1 Å². The number of guanidine groups is 1. The fourth-order valence-corrected chi connectivity index (χ4v) is 3.76. The Morgan fingerprint density at radius 1 is 1.33 bits per heavy atom. The first-order valence-corrected chi connectivity index (χ1v) is 10.2. The zero-order chi connectivity index (χ0) is 18.4. The molecule has 3 heterocycles. The first-order valence-electron chi connectivity index (χ1n) is 8.34. The first-order chi connectivity index (χ1) is 12.6. The second-order valence-corrected chi connectivity index (χ2v) is 7.68. The number of hydrogen-bond donors (Lipinski definition) is 3. The summed E-state index contributed by atoms with van der Waals surface area (Å²) >= 11 is 3.16. The van der Waals surface area contributed by atoms with Gasteiger partial charge in [0.05, 0.1) is 18.0 Å². The molecule has 6 nitrogen and oxygen atoms in total. The van der Waals surface area contributed by atoms with Crippen LogP contribution in [-0.2, 0) is 12.1 Å². The summed E-state index contributed by atoms with van der Waals surface area (Å²) in [7, 11) is 0. The van der Waals surface area contributed by atoms with Crippen molar-refractivity contribution in [1.82, 2.24) is 15.6 Å². The van der Waals surface area contributed by atoms with E-state index in [2.05, 4.69) is 20.6 Å². The van der Waals surface area contributed by atoms with Crippen molar-refractivity contribution < 1.29 is 9.52 Å². The Hall–Kier alpha value is -1.43. The zero-order valence-corrected chi connectivity index (χ0v) is 19.1. The average molecular weight is 518 g/mol. The summed E-state index contributed by atoms with van der Waals surface area (Å²) in [6, 6.07) is 5.87. The Bertz CT molecular complexity index is 830. The van der Waals surface area contributed by atoms with E-state index in [9.17, 15) is 5.11 Å². The SMILES string of the molecule is CCNC(=NCc1coc(-c2cccs2)n1)NCC(C)(O)c1ccsc1.I. The number of thiophene rings is 2. The quantitative estimate of drug-likeness (QED) is 0.250. The van der Waals surface area contributed by atoms with Crippen LogP contribution in [0.3, 0.4) is 0 Å². The van der Waals surface area contributed by atoms with E-state index in [4.69, 9.17) is 4.42 Å². The van der Waals surface area contributed by atoms with Crippen LogP contribution < -0.4 is 10.6 Å². The Kier molecular flexibility index (Phi) is 8.27.